The number of rotatable bonds is 7. The van der Waals surface area contributed by atoms with Crippen LogP contribution in [-0.4, -0.2) is 35.6 Å². The second-order valence-corrected chi connectivity index (χ2v) is 7.42. The zero-order valence-corrected chi connectivity index (χ0v) is 17.0. The van der Waals surface area contributed by atoms with Gasteiger partial charge in [-0.05, 0) is 49.4 Å². The molecule has 0 aliphatic rings. The summed E-state index contributed by atoms with van der Waals surface area (Å²) >= 11 is 7.15. The number of halogens is 1. The van der Waals surface area contributed by atoms with Crippen LogP contribution < -0.4 is 14.8 Å². The van der Waals surface area contributed by atoms with Gasteiger partial charge in [0, 0.05) is 10.6 Å². The highest BCUT2D eigenvalue weighted by Crippen LogP contribution is 2.30. The van der Waals surface area contributed by atoms with Crippen molar-refractivity contribution in [3.8, 4) is 23.0 Å². The van der Waals surface area contributed by atoms with Crippen LogP contribution in [0.15, 0.2) is 52.1 Å². The molecular weight excluding hydrogens is 402 g/mol. The van der Waals surface area contributed by atoms with Gasteiger partial charge in [-0.25, -0.2) is 0 Å². The van der Waals surface area contributed by atoms with Crippen molar-refractivity contribution in [2.75, 3.05) is 19.5 Å². The molecule has 0 bridgehead atoms. The summed E-state index contributed by atoms with van der Waals surface area (Å²) in [7, 11) is 3.12. The van der Waals surface area contributed by atoms with Crippen LogP contribution in [0.3, 0.4) is 0 Å². The zero-order chi connectivity index (χ0) is 20.1. The minimum Gasteiger partial charge on any atom is -0.497 e. The Morgan fingerprint density at radius 3 is 2.57 bits per heavy atom. The van der Waals surface area contributed by atoms with Gasteiger partial charge in [0.25, 0.3) is 5.22 Å². The summed E-state index contributed by atoms with van der Waals surface area (Å²) in [6, 6.07) is 12.3. The van der Waals surface area contributed by atoms with Gasteiger partial charge in [-0.3, -0.25) is 4.79 Å². The smallest absolute Gasteiger partial charge is 0.277 e. The minimum atomic E-state index is -0.479. The third kappa shape index (κ3) is 4.76. The Labute approximate surface area is 171 Å². The number of methoxy groups -OCH3 is 2. The van der Waals surface area contributed by atoms with E-state index in [1.54, 1.807) is 44.4 Å². The molecule has 0 saturated carbocycles. The number of anilines is 1. The van der Waals surface area contributed by atoms with Crippen molar-refractivity contribution in [3.63, 3.8) is 0 Å². The van der Waals surface area contributed by atoms with E-state index in [9.17, 15) is 4.79 Å². The third-order valence-corrected chi connectivity index (χ3v) is 4.98. The predicted molar refractivity (Wildman–Crippen MR) is 108 cm³/mol. The Morgan fingerprint density at radius 1 is 1.14 bits per heavy atom. The summed E-state index contributed by atoms with van der Waals surface area (Å²) in [5.74, 6) is 1.39. The number of carbonyl (C=O) groups is 1. The lowest BCUT2D eigenvalue weighted by atomic mass is 10.2. The summed E-state index contributed by atoms with van der Waals surface area (Å²) in [6.07, 6.45) is 0. The molecule has 28 heavy (non-hydrogen) atoms. The van der Waals surface area contributed by atoms with E-state index in [0.717, 1.165) is 23.1 Å². The second-order valence-electron chi connectivity index (χ2n) is 5.70. The maximum atomic E-state index is 12.5. The van der Waals surface area contributed by atoms with E-state index in [1.807, 2.05) is 12.1 Å². The first-order valence-corrected chi connectivity index (χ1v) is 9.55. The molecule has 1 atom stereocenters. The summed E-state index contributed by atoms with van der Waals surface area (Å²) < 4.78 is 16.0. The molecule has 1 N–H and O–H groups in total. The van der Waals surface area contributed by atoms with Crippen molar-refractivity contribution >= 4 is 35.0 Å². The highest BCUT2D eigenvalue weighted by Gasteiger charge is 2.20. The molecule has 0 fully saturated rings. The lowest BCUT2D eigenvalue weighted by Gasteiger charge is -2.13. The molecule has 2 aromatic carbocycles. The first-order chi connectivity index (χ1) is 13.5. The Hall–Kier alpha value is -2.71. The molecule has 3 rings (SSSR count). The SMILES string of the molecule is COc1ccc(-c2nnc(SC(C)C(=O)Nc3cc(Cl)ccc3OC)o2)cc1. The van der Waals surface area contributed by atoms with Crippen molar-refractivity contribution in [1.82, 2.24) is 10.2 Å². The van der Waals surface area contributed by atoms with Crippen LogP contribution in [0.4, 0.5) is 5.69 Å². The van der Waals surface area contributed by atoms with Crippen LogP contribution in [0, 0.1) is 0 Å². The van der Waals surface area contributed by atoms with Crippen molar-refractivity contribution in [3.05, 3.63) is 47.5 Å². The number of nitrogens with zero attached hydrogens (tertiary/aromatic N) is 2. The molecule has 1 amide bonds. The summed E-state index contributed by atoms with van der Waals surface area (Å²) in [5, 5.41) is 11.1. The van der Waals surface area contributed by atoms with Crippen molar-refractivity contribution in [2.45, 2.75) is 17.4 Å². The maximum Gasteiger partial charge on any atom is 0.277 e. The van der Waals surface area contributed by atoms with E-state index >= 15 is 0 Å². The summed E-state index contributed by atoms with van der Waals surface area (Å²) in [6.45, 7) is 1.74. The monoisotopic (exact) mass is 419 g/mol. The van der Waals surface area contributed by atoms with Gasteiger partial charge in [0.05, 0.1) is 25.2 Å². The standard InChI is InChI=1S/C19H18ClN3O4S/c1-11(17(24)21-15-10-13(20)6-9-16(15)26-3)28-19-23-22-18(27-19)12-4-7-14(25-2)8-5-12/h4-11H,1-3H3,(H,21,24). The van der Waals surface area contributed by atoms with E-state index in [0.29, 0.717) is 27.6 Å². The quantitative estimate of drug-likeness (QED) is 0.563. The van der Waals surface area contributed by atoms with Crippen LogP contribution in [0.1, 0.15) is 6.92 Å². The predicted octanol–water partition coefficient (Wildman–Crippen LogP) is 4.53. The topological polar surface area (TPSA) is 86.5 Å². The lowest BCUT2D eigenvalue weighted by Crippen LogP contribution is -2.22. The Bertz CT molecular complexity index is 962. The molecule has 0 aliphatic heterocycles. The average molecular weight is 420 g/mol. The summed E-state index contributed by atoms with van der Waals surface area (Å²) in [5.41, 5.74) is 1.26. The van der Waals surface area contributed by atoms with Gasteiger partial charge in [-0.15, -0.1) is 10.2 Å². The molecule has 0 aliphatic carbocycles. The molecule has 1 aromatic heterocycles. The molecular formula is C19H18ClN3O4S. The van der Waals surface area contributed by atoms with Gasteiger partial charge >= 0.3 is 0 Å². The molecule has 3 aromatic rings. The molecule has 9 heteroatoms. The highest BCUT2D eigenvalue weighted by atomic mass is 35.5. The molecule has 0 spiro atoms. The van der Waals surface area contributed by atoms with Crippen molar-refractivity contribution in [2.24, 2.45) is 0 Å². The number of benzene rings is 2. The number of hydrogen-bond donors (Lipinski definition) is 1. The van der Waals surface area contributed by atoms with E-state index in [1.165, 1.54) is 7.11 Å². The number of thioether (sulfide) groups is 1. The number of nitrogens with one attached hydrogen (secondary N) is 1. The molecule has 0 saturated heterocycles. The largest absolute Gasteiger partial charge is 0.497 e. The van der Waals surface area contributed by atoms with Crippen LogP contribution >= 0.6 is 23.4 Å². The van der Waals surface area contributed by atoms with Crippen molar-refractivity contribution < 1.29 is 18.7 Å². The molecule has 1 heterocycles. The Kier molecular flexibility index (Phi) is 6.43. The van der Waals surface area contributed by atoms with E-state index < -0.39 is 5.25 Å². The highest BCUT2D eigenvalue weighted by molar-refractivity contribution is 8.00. The van der Waals surface area contributed by atoms with Gasteiger partial charge in [0.2, 0.25) is 11.8 Å². The van der Waals surface area contributed by atoms with Gasteiger partial charge in [0.15, 0.2) is 0 Å². The number of carbonyl (C=O) groups excluding carboxylic acids is 1. The second kappa shape index (κ2) is 8.99. The third-order valence-electron chi connectivity index (χ3n) is 3.81. The fraction of sp³-hybridized carbons (Fsp3) is 0.211. The van der Waals surface area contributed by atoms with Gasteiger partial charge in [0.1, 0.15) is 11.5 Å². The molecule has 7 nitrogen and oxygen atoms in total. The average Bonchev–Trinajstić information content (AvgIpc) is 3.16. The number of ether oxygens (including phenoxy) is 2. The zero-order valence-electron chi connectivity index (χ0n) is 15.4. The first kappa shape index (κ1) is 20.0. The maximum absolute atomic E-state index is 12.5. The summed E-state index contributed by atoms with van der Waals surface area (Å²) in [4.78, 5) is 12.5. The number of hydrogen-bond acceptors (Lipinski definition) is 7. The fourth-order valence-electron chi connectivity index (χ4n) is 2.32. The van der Waals surface area contributed by atoms with E-state index in [2.05, 4.69) is 15.5 Å². The van der Waals surface area contributed by atoms with Gasteiger partial charge < -0.3 is 19.2 Å². The Balaban J connectivity index is 1.66. The normalized spacial score (nSPS) is 11.7. The molecule has 146 valence electrons. The number of aromatic nitrogens is 2. The number of amides is 1. The van der Waals surface area contributed by atoms with Crippen LogP contribution in [0.5, 0.6) is 11.5 Å². The minimum absolute atomic E-state index is 0.241. The van der Waals surface area contributed by atoms with Crippen LogP contribution in [0.25, 0.3) is 11.5 Å². The van der Waals surface area contributed by atoms with Gasteiger partial charge in [-0.2, -0.15) is 0 Å². The fourth-order valence-corrected chi connectivity index (χ4v) is 3.18. The first-order valence-electron chi connectivity index (χ1n) is 8.29. The lowest BCUT2D eigenvalue weighted by molar-refractivity contribution is -0.115. The van der Waals surface area contributed by atoms with E-state index in [-0.39, 0.29) is 5.91 Å². The van der Waals surface area contributed by atoms with Gasteiger partial charge in [-0.1, -0.05) is 23.4 Å². The molecule has 1 unspecified atom stereocenters. The Morgan fingerprint density at radius 2 is 1.89 bits per heavy atom. The van der Waals surface area contributed by atoms with E-state index in [4.69, 9.17) is 25.5 Å². The molecule has 0 radical (unpaired) electrons. The van der Waals surface area contributed by atoms with Crippen LogP contribution in [0.2, 0.25) is 5.02 Å². The van der Waals surface area contributed by atoms with Crippen LogP contribution in [-0.2, 0) is 4.79 Å². The van der Waals surface area contributed by atoms with Crippen molar-refractivity contribution in [1.29, 1.82) is 0 Å².